The van der Waals surface area contributed by atoms with Crippen LogP contribution in [0.4, 0.5) is 0 Å². The van der Waals surface area contributed by atoms with Crippen LogP contribution >= 0.6 is 11.8 Å². The first-order valence-electron chi connectivity index (χ1n) is 6.82. The standard InChI is InChI=1S/C16H17N3OS/c1-11-14(9-10-20-11)15-17-18-16(19(15)3)21-12(2)13-7-5-4-6-8-13/h4-10,12H,1-3H3/t12-/m1/s1. The van der Waals surface area contributed by atoms with Gasteiger partial charge in [-0.1, -0.05) is 42.1 Å². The van der Waals surface area contributed by atoms with Crippen molar-refractivity contribution in [2.24, 2.45) is 7.05 Å². The number of rotatable bonds is 4. The summed E-state index contributed by atoms with van der Waals surface area (Å²) in [6.07, 6.45) is 1.68. The Labute approximate surface area is 128 Å². The molecule has 0 aliphatic rings. The van der Waals surface area contributed by atoms with E-state index in [4.69, 9.17) is 4.42 Å². The van der Waals surface area contributed by atoms with Crippen molar-refractivity contribution in [1.82, 2.24) is 14.8 Å². The summed E-state index contributed by atoms with van der Waals surface area (Å²) in [5.41, 5.74) is 2.27. The molecular weight excluding hydrogens is 282 g/mol. The Bertz CT molecular complexity index is 733. The van der Waals surface area contributed by atoms with Crippen molar-refractivity contribution in [1.29, 1.82) is 0 Å². The molecule has 0 spiro atoms. The van der Waals surface area contributed by atoms with Crippen LogP contribution in [0.1, 0.15) is 23.5 Å². The van der Waals surface area contributed by atoms with E-state index in [1.54, 1.807) is 18.0 Å². The summed E-state index contributed by atoms with van der Waals surface area (Å²) in [5, 5.41) is 9.84. The SMILES string of the molecule is Cc1occc1-c1nnc(S[C@H](C)c2ccccc2)n1C. The summed E-state index contributed by atoms with van der Waals surface area (Å²) in [4.78, 5) is 0. The number of benzene rings is 1. The van der Waals surface area contributed by atoms with Gasteiger partial charge in [-0.3, -0.25) is 0 Å². The van der Waals surface area contributed by atoms with Crippen LogP contribution in [0.5, 0.6) is 0 Å². The maximum absolute atomic E-state index is 5.35. The molecule has 21 heavy (non-hydrogen) atoms. The summed E-state index contributed by atoms with van der Waals surface area (Å²) in [6.45, 7) is 4.11. The van der Waals surface area contributed by atoms with E-state index in [1.807, 2.05) is 30.7 Å². The van der Waals surface area contributed by atoms with Gasteiger partial charge in [0.05, 0.1) is 11.8 Å². The Balaban J connectivity index is 1.85. The second-order valence-electron chi connectivity index (χ2n) is 4.93. The Morgan fingerprint density at radius 2 is 1.90 bits per heavy atom. The minimum atomic E-state index is 0.326. The number of thioether (sulfide) groups is 1. The van der Waals surface area contributed by atoms with Gasteiger partial charge in [-0.05, 0) is 25.5 Å². The van der Waals surface area contributed by atoms with Gasteiger partial charge in [-0.15, -0.1) is 10.2 Å². The van der Waals surface area contributed by atoms with Crippen LogP contribution in [-0.4, -0.2) is 14.8 Å². The van der Waals surface area contributed by atoms with E-state index < -0.39 is 0 Å². The molecule has 1 aromatic carbocycles. The lowest BCUT2D eigenvalue weighted by atomic mass is 10.2. The highest BCUT2D eigenvalue weighted by atomic mass is 32.2. The minimum absolute atomic E-state index is 0.326. The van der Waals surface area contributed by atoms with Crippen molar-refractivity contribution in [2.45, 2.75) is 24.3 Å². The van der Waals surface area contributed by atoms with Crippen molar-refractivity contribution in [3.8, 4) is 11.4 Å². The normalized spacial score (nSPS) is 12.5. The summed E-state index contributed by atoms with van der Waals surface area (Å²) in [7, 11) is 1.99. The van der Waals surface area contributed by atoms with Gasteiger partial charge >= 0.3 is 0 Å². The lowest BCUT2D eigenvalue weighted by Crippen LogP contribution is -1.97. The lowest BCUT2D eigenvalue weighted by molar-refractivity contribution is 0.534. The maximum Gasteiger partial charge on any atom is 0.191 e. The molecule has 108 valence electrons. The van der Waals surface area contributed by atoms with Crippen LogP contribution < -0.4 is 0 Å². The molecule has 0 bridgehead atoms. The van der Waals surface area contributed by atoms with Crippen molar-refractivity contribution < 1.29 is 4.42 Å². The van der Waals surface area contributed by atoms with E-state index in [0.29, 0.717) is 5.25 Å². The van der Waals surface area contributed by atoms with Crippen LogP contribution in [0.3, 0.4) is 0 Å². The van der Waals surface area contributed by atoms with Gasteiger partial charge < -0.3 is 8.98 Å². The molecule has 0 fully saturated rings. The predicted molar refractivity (Wildman–Crippen MR) is 84.2 cm³/mol. The predicted octanol–water partition coefficient (Wildman–Crippen LogP) is 4.24. The van der Waals surface area contributed by atoms with Crippen molar-refractivity contribution >= 4 is 11.8 Å². The zero-order valence-corrected chi connectivity index (χ0v) is 13.1. The number of aryl methyl sites for hydroxylation is 1. The Morgan fingerprint density at radius 3 is 2.57 bits per heavy atom. The van der Waals surface area contributed by atoms with Crippen LogP contribution in [0, 0.1) is 6.92 Å². The summed E-state index contributed by atoms with van der Waals surface area (Å²) in [6, 6.07) is 12.3. The van der Waals surface area contributed by atoms with Gasteiger partial charge in [0.2, 0.25) is 0 Å². The lowest BCUT2D eigenvalue weighted by Gasteiger charge is -2.10. The summed E-state index contributed by atoms with van der Waals surface area (Å²) >= 11 is 1.71. The molecule has 3 rings (SSSR count). The molecule has 5 heteroatoms. The molecule has 0 unspecified atom stereocenters. The molecule has 0 amide bonds. The van der Waals surface area contributed by atoms with E-state index in [9.17, 15) is 0 Å². The first-order valence-corrected chi connectivity index (χ1v) is 7.70. The zero-order chi connectivity index (χ0) is 14.8. The first kappa shape index (κ1) is 13.9. The molecule has 3 aromatic rings. The van der Waals surface area contributed by atoms with E-state index in [0.717, 1.165) is 22.3 Å². The summed E-state index contributed by atoms with van der Waals surface area (Å²) in [5.74, 6) is 1.70. The molecule has 0 N–H and O–H groups in total. The third kappa shape index (κ3) is 2.74. The van der Waals surface area contributed by atoms with Gasteiger partial charge in [-0.25, -0.2) is 0 Å². The molecule has 0 saturated carbocycles. The van der Waals surface area contributed by atoms with Gasteiger partial charge in [0, 0.05) is 12.3 Å². The van der Waals surface area contributed by atoms with Gasteiger partial charge in [0.1, 0.15) is 5.76 Å². The Hall–Kier alpha value is -2.01. The summed E-state index contributed by atoms with van der Waals surface area (Å²) < 4.78 is 7.36. The highest BCUT2D eigenvalue weighted by Crippen LogP contribution is 2.35. The number of aromatic nitrogens is 3. The molecular formula is C16H17N3OS. The number of hydrogen-bond donors (Lipinski definition) is 0. The molecule has 2 heterocycles. The van der Waals surface area contributed by atoms with E-state index in [-0.39, 0.29) is 0 Å². The van der Waals surface area contributed by atoms with E-state index in [2.05, 4.69) is 41.4 Å². The van der Waals surface area contributed by atoms with Crippen molar-refractivity contribution in [3.63, 3.8) is 0 Å². The van der Waals surface area contributed by atoms with E-state index in [1.165, 1.54) is 5.56 Å². The Kier molecular flexibility index (Phi) is 3.84. The maximum atomic E-state index is 5.35. The molecule has 2 aromatic heterocycles. The average Bonchev–Trinajstić information content (AvgIpc) is 3.07. The van der Waals surface area contributed by atoms with Gasteiger partial charge in [0.25, 0.3) is 0 Å². The number of furan rings is 1. The number of nitrogens with zero attached hydrogens (tertiary/aromatic N) is 3. The average molecular weight is 299 g/mol. The fourth-order valence-electron chi connectivity index (χ4n) is 2.22. The monoisotopic (exact) mass is 299 g/mol. The second kappa shape index (κ2) is 5.77. The smallest absolute Gasteiger partial charge is 0.191 e. The highest BCUT2D eigenvalue weighted by Gasteiger charge is 2.17. The molecule has 0 aliphatic heterocycles. The van der Waals surface area contributed by atoms with Crippen LogP contribution in [-0.2, 0) is 7.05 Å². The molecule has 1 atom stereocenters. The molecule has 0 saturated heterocycles. The van der Waals surface area contributed by atoms with Crippen LogP contribution in [0.15, 0.2) is 52.2 Å². The van der Waals surface area contributed by atoms with E-state index >= 15 is 0 Å². The topological polar surface area (TPSA) is 43.9 Å². The van der Waals surface area contributed by atoms with Gasteiger partial charge in [0.15, 0.2) is 11.0 Å². The first-order chi connectivity index (χ1) is 10.2. The fraction of sp³-hybridized carbons (Fsp3) is 0.250. The Morgan fingerprint density at radius 1 is 1.14 bits per heavy atom. The highest BCUT2D eigenvalue weighted by molar-refractivity contribution is 7.99. The molecule has 4 nitrogen and oxygen atoms in total. The molecule has 0 radical (unpaired) electrons. The zero-order valence-electron chi connectivity index (χ0n) is 12.3. The quantitative estimate of drug-likeness (QED) is 0.676. The third-order valence-corrected chi connectivity index (χ3v) is 4.68. The van der Waals surface area contributed by atoms with Gasteiger partial charge in [-0.2, -0.15) is 0 Å². The fourth-order valence-corrected chi connectivity index (χ4v) is 3.16. The third-order valence-electron chi connectivity index (χ3n) is 3.49. The number of hydrogen-bond acceptors (Lipinski definition) is 4. The molecule has 0 aliphatic carbocycles. The second-order valence-corrected chi connectivity index (χ2v) is 6.23. The van der Waals surface area contributed by atoms with Crippen molar-refractivity contribution in [2.75, 3.05) is 0 Å². The van der Waals surface area contributed by atoms with Crippen molar-refractivity contribution in [3.05, 3.63) is 54.0 Å². The van der Waals surface area contributed by atoms with Crippen LogP contribution in [0.2, 0.25) is 0 Å². The minimum Gasteiger partial charge on any atom is -0.469 e. The largest absolute Gasteiger partial charge is 0.469 e. The van der Waals surface area contributed by atoms with Crippen LogP contribution in [0.25, 0.3) is 11.4 Å².